The molecule has 1 amide bonds. The molecule has 3 N–H and O–H groups in total. The van der Waals surface area contributed by atoms with E-state index in [1.165, 1.54) is 0 Å². The fourth-order valence-electron chi connectivity index (χ4n) is 3.84. The standard InChI is InChI=1S/C24H33N5O2/c1-5-25-24(26-15-18-14-23(30)28-21-12-7-6-11-20(18)21)27-16-22(29(2)3)17-9-8-10-19(13-17)31-4/h6-13,18,22H,5,14-16H2,1-4H3,(H,28,30)(H2,25,26,27). The van der Waals surface area contributed by atoms with Crippen LogP contribution in [0.2, 0.25) is 0 Å². The molecule has 2 aromatic carbocycles. The number of fused-ring (bicyclic) bond motifs is 1. The molecule has 0 spiro atoms. The zero-order chi connectivity index (χ0) is 22.2. The highest BCUT2D eigenvalue weighted by Gasteiger charge is 2.25. The van der Waals surface area contributed by atoms with E-state index in [1.54, 1.807) is 7.11 Å². The molecule has 0 saturated heterocycles. The third-order valence-corrected chi connectivity index (χ3v) is 5.49. The highest BCUT2D eigenvalue weighted by molar-refractivity contribution is 5.94. The molecule has 31 heavy (non-hydrogen) atoms. The van der Waals surface area contributed by atoms with Crippen molar-refractivity contribution in [3.63, 3.8) is 0 Å². The molecule has 2 unspecified atom stereocenters. The van der Waals surface area contributed by atoms with Crippen LogP contribution in [0.15, 0.2) is 53.5 Å². The van der Waals surface area contributed by atoms with Crippen molar-refractivity contribution in [2.75, 3.05) is 46.2 Å². The summed E-state index contributed by atoms with van der Waals surface area (Å²) in [4.78, 5) is 19.1. The summed E-state index contributed by atoms with van der Waals surface area (Å²) in [5.41, 5.74) is 3.22. The van der Waals surface area contributed by atoms with Crippen LogP contribution in [0.25, 0.3) is 0 Å². The van der Waals surface area contributed by atoms with Crippen LogP contribution >= 0.6 is 0 Å². The lowest BCUT2D eigenvalue weighted by atomic mass is 9.90. The van der Waals surface area contributed by atoms with Gasteiger partial charge in [0.25, 0.3) is 0 Å². The van der Waals surface area contributed by atoms with Gasteiger partial charge in [-0.1, -0.05) is 30.3 Å². The Morgan fingerprint density at radius 1 is 1.23 bits per heavy atom. The molecule has 0 aromatic heterocycles. The zero-order valence-electron chi connectivity index (χ0n) is 18.8. The third-order valence-electron chi connectivity index (χ3n) is 5.49. The minimum Gasteiger partial charge on any atom is -0.497 e. The monoisotopic (exact) mass is 423 g/mol. The number of benzene rings is 2. The van der Waals surface area contributed by atoms with Gasteiger partial charge in [0, 0.05) is 31.1 Å². The number of carbonyl (C=O) groups excluding carboxylic acids is 1. The number of rotatable bonds is 8. The summed E-state index contributed by atoms with van der Waals surface area (Å²) >= 11 is 0. The highest BCUT2D eigenvalue weighted by Crippen LogP contribution is 2.31. The largest absolute Gasteiger partial charge is 0.497 e. The number of para-hydroxylation sites is 1. The minimum absolute atomic E-state index is 0.0538. The lowest BCUT2D eigenvalue weighted by Gasteiger charge is -2.27. The summed E-state index contributed by atoms with van der Waals surface area (Å²) in [6, 6.07) is 16.2. The first-order valence-electron chi connectivity index (χ1n) is 10.7. The van der Waals surface area contributed by atoms with Crippen LogP contribution in [-0.2, 0) is 4.79 Å². The Kier molecular flexibility index (Phi) is 7.89. The number of hydrogen-bond acceptors (Lipinski definition) is 4. The van der Waals surface area contributed by atoms with Gasteiger partial charge in [0.1, 0.15) is 5.75 Å². The molecule has 1 heterocycles. The van der Waals surface area contributed by atoms with Crippen molar-refractivity contribution in [3.8, 4) is 5.75 Å². The van der Waals surface area contributed by atoms with Crippen LogP contribution in [0, 0.1) is 0 Å². The van der Waals surface area contributed by atoms with Gasteiger partial charge in [-0.25, -0.2) is 0 Å². The number of aliphatic imine (C=N–C) groups is 1. The summed E-state index contributed by atoms with van der Waals surface area (Å²) in [6.45, 7) is 4.05. The Morgan fingerprint density at radius 3 is 2.77 bits per heavy atom. The second-order valence-corrected chi connectivity index (χ2v) is 7.89. The van der Waals surface area contributed by atoms with Crippen LogP contribution in [0.3, 0.4) is 0 Å². The molecule has 0 aliphatic carbocycles. The molecule has 1 aliphatic heterocycles. The van der Waals surface area contributed by atoms with Crippen LogP contribution in [0.1, 0.15) is 36.4 Å². The van der Waals surface area contributed by atoms with Crippen LogP contribution in [0.4, 0.5) is 5.69 Å². The van der Waals surface area contributed by atoms with Crippen molar-refractivity contribution in [2.45, 2.75) is 25.3 Å². The Morgan fingerprint density at radius 2 is 2.03 bits per heavy atom. The number of hydrogen-bond donors (Lipinski definition) is 3. The predicted molar refractivity (Wildman–Crippen MR) is 126 cm³/mol. The number of nitrogens with zero attached hydrogens (tertiary/aromatic N) is 2. The first kappa shape index (κ1) is 22.6. The van der Waals surface area contributed by atoms with Gasteiger partial charge in [-0.15, -0.1) is 0 Å². The summed E-state index contributed by atoms with van der Waals surface area (Å²) in [5.74, 6) is 1.75. The summed E-state index contributed by atoms with van der Waals surface area (Å²) in [5, 5.41) is 9.71. The maximum Gasteiger partial charge on any atom is 0.225 e. The van der Waals surface area contributed by atoms with Crippen molar-refractivity contribution >= 4 is 17.6 Å². The molecular formula is C24H33N5O2. The number of carbonyl (C=O) groups is 1. The van der Waals surface area contributed by atoms with Gasteiger partial charge in [0.05, 0.1) is 19.7 Å². The van der Waals surface area contributed by atoms with Gasteiger partial charge in [0.15, 0.2) is 5.96 Å². The minimum atomic E-state index is 0.0538. The molecule has 7 heteroatoms. The first-order chi connectivity index (χ1) is 15.0. The Bertz CT molecular complexity index is 912. The highest BCUT2D eigenvalue weighted by atomic mass is 16.5. The molecule has 1 aliphatic rings. The number of methoxy groups -OCH3 is 1. The molecule has 0 fully saturated rings. The Labute approximate surface area is 184 Å². The smallest absolute Gasteiger partial charge is 0.225 e. The van der Waals surface area contributed by atoms with Crippen molar-refractivity contribution in [2.24, 2.45) is 4.99 Å². The molecular weight excluding hydrogens is 390 g/mol. The van der Waals surface area contributed by atoms with Gasteiger partial charge < -0.3 is 25.6 Å². The van der Waals surface area contributed by atoms with E-state index in [4.69, 9.17) is 9.73 Å². The maximum absolute atomic E-state index is 12.1. The zero-order valence-corrected chi connectivity index (χ0v) is 18.8. The van der Waals surface area contributed by atoms with Gasteiger partial charge in [0.2, 0.25) is 5.91 Å². The number of ether oxygens (including phenoxy) is 1. The topological polar surface area (TPSA) is 78.0 Å². The van der Waals surface area contributed by atoms with E-state index >= 15 is 0 Å². The third kappa shape index (κ3) is 5.98. The molecule has 0 bridgehead atoms. The second-order valence-electron chi connectivity index (χ2n) is 7.89. The molecule has 7 nitrogen and oxygen atoms in total. The van der Waals surface area contributed by atoms with Gasteiger partial charge in [-0.2, -0.15) is 0 Å². The van der Waals surface area contributed by atoms with E-state index < -0.39 is 0 Å². The molecule has 3 rings (SSSR count). The predicted octanol–water partition coefficient (Wildman–Crippen LogP) is 2.98. The fourth-order valence-corrected chi connectivity index (χ4v) is 3.84. The van der Waals surface area contributed by atoms with Crippen molar-refractivity contribution in [3.05, 3.63) is 59.7 Å². The van der Waals surface area contributed by atoms with E-state index in [9.17, 15) is 4.79 Å². The number of nitrogens with one attached hydrogen (secondary N) is 3. The van der Waals surface area contributed by atoms with Crippen molar-refractivity contribution in [1.29, 1.82) is 0 Å². The normalized spacial score (nSPS) is 17.0. The van der Waals surface area contributed by atoms with Crippen LogP contribution in [0.5, 0.6) is 5.75 Å². The molecule has 2 aromatic rings. The van der Waals surface area contributed by atoms with Gasteiger partial charge in [-0.3, -0.25) is 9.79 Å². The van der Waals surface area contributed by atoms with Gasteiger partial charge in [-0.05, 0) is 50.3 Å². The van der Waals surface area contributed by atoms with E-state index in [-0.39, 0.29) is 17.9 Å². The molecule has 2 atom stereocenters. The summed E-state index contributed by atoms with van der Waals surface area (Å²) < 4.78 is 5.38. The second kappa shape index (κ2) is 10.8. The molecule has 0 radical (unpaired) electrons. The number of anilines is 1. The molecule has 0 saturated carbocycles. The van der Waals surface area contributed by atoms with E-state index in [2.05, 4.69) is 53.1 Å². The Hall–Kier alpha value is -3.06. The summed E-state index contributed by atoms with van der Waals surface area (Å²) in [6.07, 6.45) is 0.466. The number of guanidine groups is 1. The van der Waals surface area contributed by atoms with E-state index in [1.807, 2.05) is 37.3 Å². The van der Waals surface area contributed by atoms with Crippen molar-refractivity contribution in [1.82, 2.24) is 15.5 Å². The maximum atomic E-state index is 12.1. The number of likely N-dealkylation sites (N-methyl/N-ethyl adjacent to an activating group) is 1. The van der Waals surface area contributed by atoms with Gasteiger partial charge >= 0.3 is 0 Å². The fraction of sp³-hybridized carbons (Fsp3) is 0.417. The number of amides is 1. The van der Waals surface area contributed by atoms with E-state index in [0.717, 1.165) is 35.1 Å². The quantitative estimate of drug-likeness (QED) is 0.449. The van der Waals surface area contributed by atoms with Crippen LogP contribution < -0.4 is 20.7 Å². The Balaban J connectivity index is 1.71. The lowest BCUT2D eigenvalue weighted by molar-refractivity contribution is -0.116. The average molecular weight is 424 g/mol. The first-order valence-corrected chi connectivity index (χ1v) is 10.7. The average Bonchev–Trinajstić information content (AvgIpc) is 2.77. The molecule has 166 valence electrons. The lowest BCUT2D eigenvalue weighted by Crippen LogP contribution is -2.41. The van der Waals surface area contributed by atoms with Crippen molar-refractivity contribution < 1.29 is 9.53 Å². The SMILES string of the molecule is CCNC(=NCC(c1cccc(OC)c1)N(C)C)NCC1CC(=O)Nc2ccccc21. The summed E-state index contributed by atoms with van der Waals surface area (Å²) in [7, 11) is 5.79. The van der Waals surface area contributed by atoms with E-state index in [0.29, 0.717) is 19.5 Å². The van der Waals surface area contributed by atoms with Crippen LogP contribution in [-0.4, -0.2) is 57.6 Å².